The van der Waals surface area contributed by atoms with Crippen LogP contribution in [0.25, 0.3) is 0 Å². The van der Waals surface area contributed by atoms with Crippen LogP contribution in [0.3, 0.4) is 0 Å². The molecule has 3 aromatic rings. The first-order valence-electron chi connectivity index (χ1n) is 9.81. The zero-order valence-electron chi connectivity index (χ0n) is 16.5. The van der Waals surface area contributed by atoms with E-state index in [0.29, 0.717) is 17.9 Å². The van der Waals surface area contributed by atoms with Gasteiger partial charge in [0.2, 0.25) is 5.91 Å². The Labute approximate surface area is 171 Å². The predicted molar refractivity (Wildman–Crippen MR) is 105 cm³/mol. The number of nitrogens with one attached hydrogen (secondary N) is 1. The van der Waals surface area contributed by atoms with Gasteiger partial charge in [-0.2, -0.15) is 23.4 Å². The molecular formula is C21H22F3N5O. The first-order chi connectivity index (χ1) is 14.3. The van der Waals surface area contributed by atoms with Gasteiger partial charge in [-0.15, -0.1) is 0 Å². The number of benzene rings is 1. The standard InChI is InChI=1S/C21H22F3N5O/c1-14-3-2-4-15(9-14)12-28-13-17(11-25-28)26-20(30)7-8-29-18(16-5-6-16)10-19(27-29)21(22,23)24/h2-4,9-11,13,16H,5-8,12H2,1H3,(H,26,30). The van der Waals surface area contributed by atoms with Crippen molar-refractivity contribution in [2.45, 2.75) is 51.4 Å². The Morgan fingerprint density at radius 1 is 1.27 bits per heavy atom. The van der Waals surface area contributed by atoms with E-state index < -0.39 is 11.9 Å². The third kappa shape index (κ3) is 4.90. The number of aryl methyl sites for hydroxylation is 2. The van der Waals surface area contributed by atoms with Crippen molar-refractivity contribution in [1.29, 1.82) is 0 Å². The number of halogens is 3. The molecule has 9 heteroatoms. The monoisotopic (exact) mass is 417 g/mol. The molecule has 2 aromatic heterocycles. The van der Waals surface area contributed by atoms with E-state index in [2.05, 4.69) is 21.6 Å². The lowest BCUT2D eigenvalue weighted by atomic mass is 10.1. The zero-order chi connectivity index (χ0) is 21.3. The van der Waals surface area contributed by atoms with Gasteiger partial charge in [-0.25, -0.2) is 0 Å². The van der Waals surface area contributed by atoms with Crippen molar-refractivity contribution >= 4 is 11.6 Å². The van der Waals surface area contributed by atoms with E-state index in [0.717, 1.165) is 30.0 Å². The Kier molecular flexibility index (Phi) is 5.36. The lowest BCUT2D eigenvalue weighted by Crippen LogP contribution is -2.16. The van der Waals surface area contributed by atoms with Crippen molar-refractivity contribution in [3.05, 3.63) is 65.2 Å². The number of alkyl halides is 3. The molecule has 158 valence electrons. The van der Waals surface area contributed by atoms with Crippen molar-refractivity contribution < 1.29 is 18.0 Å². The van der Waals surface area contributed by atoms with Gasteiger partial charge < -0.3 is 5.32 Å². The molecule has 0 spiro atoms. The second-order valence-corrected chi connectivity index (χ2v) is 7.66. The van der Waals surface area contributed by atoms with Crippen LogP contribution < -0.4 is 5.32 Å². The number of amides is 1. The molecule has 0 unspecified atom stereocenters. The number of aromatic nitrogens is 4. The Hall–Kier alpha value is -3.10. The summed E-state index contributed by atoms with van der Waals surface area (Å²) in [6, 6.07) is 9.17. The summed E-state index contributed by atoms with van der Waals surface area (Å²) in [5.74, 6) is -0.188. The summed E-state index contributed by atoms with van der Waals surface area (Å²) in [6.07, 6.45) is 0.542. The fraction of sp³-hybridized carbons (Fsp3) is 0.381. The predicted octanol–water partition coefficient (Wildman–Crippen LogP) is 4.36. The minimum absolute atomic E-state index is 0.0295. The molecule has 0 aliphatic heterocycles. The Balaban J connectivity index is 1.34. The highest BCUT2D eigenvalue weighted by Gasteiger charge is 2.37. The van der Waals surface area contributed by atoms with Crippen LogP contribution in [0.4, 0.5) is 18.9 Å². The molecular weight excluding hydrogens is 395 g/mol. The molecule has 1 aromatic carbocycles. The average molecular weight is 417 g/mol. The van der Waals surface area contributed by atoms with E-state index in [1.807, 2.05) is 25.1 Å². The van der Waals surface area contributed by atoms with E-state index in [9.17, 15) is 18.0 Å². The smallest absolute Gasteiger partial charge is 0.323 e. The summed E-state index contributed by atoms with van der Waals surface area (Å²) in [7, 11) is 0. The summed E-state index contributed by atoms with van der Waals surface area (Å²) >= 11 is 0. The van der Waals surface area contributed by atoms with Crippen molar-refractivity contribution in [3.8, 4) is 0 Å². The van der Waals surface area contributed by atoms with Gasteiger partial charge in [0.25, 0.3) is 0 Å². The fourth-order valence-electron chi connectivity index (χ4n) is 3.40. The molecule has 1 saturated carbocycles. The van der Waals surface area contributed by atoms with Gasteiger partial charge in [0.05, 0.1) is 18.4 Å². The van der Waals surface area contributed by atoms with Crippen LogP contribution in [-0.4, -0.2) is 25.5 Å². The molecule has 0 radical (unpaired) electrons. The number of nitrogens with zero attached hydrogens (tertiary/aromatic N) is 4. The van der Waals surface area contributed by atoms with E-state index in [-0.39, 0.29) is 24.8 Å². The van der Waals surface area contributed by atoms with E-state index in [1.54, 1.807) is 17.1 Å². The van der Waals surface area contributed by atoms with Crippen LogP contribution in [0.2, 0.25) is 0 Å². The quantitative estimate of drug-likeness (QED) is 0.621. The lowest BCUT2D eigenvalue weighted by Gasteiger charge is -2.07. The third-order valence-corrected chi connectivity index (χ3v) is 4.99. The molecule has 30 heavy (non-hydrogen) atoms. The van der Waals surface area contributed by atoms with Gasteiger partial charge in [0, 0.05) is 30.8 Å². The largest absolute Gasteiger partial charge is 0.435 e. The SMILES string of the molecule is Cc1cccc(Cn2cc(NC(=O)CCn3nc(C(F)(F)F)cc3C3CC3)cn2)c1. The summed E-state index contributed by atoms with van der Waals surface area (Å²) < 4.78 is 41.9. The summed E-state index contributed by atoms with van der Waals surface area (Å²) in [5.41, 5.74) is 2.46. The number of carbonyl (C=O) groups is 1. The van der Waals surface area contributed by atoms with Crippen LogP contribution in [0.5, 0.6) is 0 Å². The second-order valence-electron chi connectivity index (χ2n) is 7.66. The number of hydrogen-bond acceptors (Lipinski definition) is 3. The number of hydrogen-bond donors (Lipinski definition) is 1. The van der Waals surface area contributed by atoms with Crippen LogP contribution in [0, 0.1) is 6.92 Å². The van der Waals surface area contributed by atoms with E-state index in [4.69, 9.17) is 0 Å². The molecule has 6 nitrogen and oxygen atoms in total. The Morgan fingerprint density at radius 3 is 2.77 bits per heavy atom. The molecule has 0 bridgehead atoms. The first kappa shape index (κ1) is 20.2. The zero-order valence-corrected chi connectivity index (χ0v) is 16.5. The van der Waals surface area contributed by atoms with Crippen molar-refractivity contribution in [2.75, 3.05) is 5.32 Å². The molecule has 1 N–H and O–H groups in total. The number of carbonyl (C=O) groups excluding carboxylic acids is 1. The van der Waals surface area contributed by atoms with Crippen LogP contribution >= 0.6 is 0 Å². The number of anilines is 1. The topological polar surface area (TPSA) is 64.7 Å². The highest BCUT2D eigenvalue weighted by Crippen LogP contribution is 2.42. The molecule has 1 aliphatic rings. The van der Waals surface area contributed by atoms with E-state index in [1.165, 1.54) is 4.68 Å². The van der Waals surface area contributed by atoms with Gasteiger partial charge in [0.1, 0.15) is 0 Å². The molecule has 2 heterocycles. The van der Waals surface area contributed by atoms with Crippen molar-refractivity contribution in [3.63, 3.8) is 0 Å². The average Bonchev–Trinajstić information content (AvgIpc) is 3.26. The molecule has 4 rings (SSSR count). The van der Waals surface area contributed by atoms with Crippen molar-refractivity contribution in [2.24, 2.45) is 0 Å². The fourth-order valence-corrected chi connectivity index (χ4v) is 3.40. The summed E-state index contributed by atoms with van der Waals surface area (Å²) in [5, 5.41) is 10.7. The maximum atomic E-state index is 13.0. The van der Waals surface area contributed by atoms with Gasteiger partial charge >= 0.3 is 6.18 Å². The highest BCUT2D eigenvalue weighted by atomic mass is 19.4. The lowest BCUT2D eigenvalue weighted by molar-refractivity contribution is -0.141. The Bertz CT molecular complexity index is 1050. The van der Waals surface area contributed by atoms with Crippen LogP contribution in [-0.2, 0) is 24.1 Å². The highest BCUT2D eigenvalue weighted by molar-refractivity contribution is 5.90. The van der Waals surface area contributed by atoms with E-state index >= 15 is 0 Å². The summed E-state index contributed by atoms with van der Waals surface area (Å²) in [6.45, 7) is 2.70. The minimum Gasteiger partial charge on any atom is -0.323 e. The molecule has 1 aliphatic carbocycles. The maximum absolute atomic E-state index is 13.0. The van der Waals surface area contributed by atoms with Gasteiger partial charge in [-0.05, 0) is 31.4 Å². The number of rotatable bonds is 7. The van der Waals surface area contributed by atoms with Crippen LogP contribution in [0.1, 0.15) is 47.7 Å². The molecule has 1 fully saturated rings. The van der Waals surface area contributed by atoms with Gasteiger partial charge in [-0.3, -0.25) is 14.2 Å². The summed E-state index contributed by atoms with van der Waals surface area (Å²) in [4.78, 5) is 12.3. The molecule has 1 amide bonds. The van der Waals surface area contributed by atoms with Crippen molar-refractivity contribution in [1.82, 2.24) is 19.6 Å². The normalized spacial score (nSPS) is 14.1. The maximum Gasteiger partial charge on any atom is 0.435 e. The second kappa shape index (κ2) is 7.97. The Morgan fingerprint density at radius 2 is 2.07 bits per heavy atom. The molecule has 0 atom stereocenters. The van der Waals surface area contributed by atoms with Crippen LogP contribution in [0.15, 0.2) is 42.7 Å². The molecule has 0 saturated heterocycles. The first-order valence-corrected chi connectivity index (χ1v) is 9.81. The van der Waals surface area contributed by atoms with Gasteiger partial charge in [0.15, 0.2) is 5.69 Å². The van der Waals surface area contributed by atoms with Gasteiger partial charge in [-0.1, -0.05) is 29.8 Å². The third-order valence-electron chi connectivity index (χ3n) is 4.99. The minimum atomic E-state index is -4.48.